The highest BCUT2D eigenvalue weighted by atomic mass is 19.4. The number of nitrogens with one attached hydrogen (secondary N) is 1. The number of anilines is 1. The van der Waals surface area contributed by atoms with Gasteiger partial charge < -0.3 is 24.8 Å². The largest absolute Gasteiger partial charge is 0.490 e. The minimum Gasteiger partial charge on any atom is -0.475 e. The van der Waals surface area contributed by atoms with E-state index in [4.69, 9.17) is 19.4 Å². The fourth-order valence-electron chi connectivity index (χ4n) is 3.38. The van der Waals surface area contributed by atoms with E-state index in [1.165, 1.54) is 0 Å². The maximum Gasteiger partial charge on any atom is 0.490 e. The minimum absolute atomic E-state index is 0.000533. The number of aliphatic carboxylic acids is 1. The van der Waals surface area contributed by atoms with Gasteiger partial charge in [0.15, 0.2) is 5.82 Å². The van der Waals surface area contributed by atoms with Crippen molar-refractivity contribution in [3.63, 3.8) is 0 Å². The molecule has 2 N–H and O–H groups in total. The summed E-state index contributed by atoms with van der Waals surface area (Å²) in [5.41, 5.74) is -0.227. The Morgan fingerprint density at radius 2 is 2.03 bits per heavy atom. The predicted octanol–water partition coefficient (Wildman–Crippen LogP) is 0.855. The van der Waals surface area contributed by atoms with Crippen molar-refractivity contribution in [3.05, 3.63) is 18.2 Å². The van der Waals surface area contributed by atoms with Crippen LogP contribution in [0.3, 0.4) is 0 Å². The van der Waals surface area contributed by atoms with Gasteiger partial charge in [0.25, 0.3) is 0 Å². The predicted molar refractivity (Wildman–Crippen MR) is 94.1 cm³/mol. The normalized spacial score (nSPS) is 22.8. The Bertz CT molecular complexity index is 734. The Balaban J connectivity index is 0.000000396. The average molecular weight is 438 g/mol. The standard InChI is InChI=1S/C15H21FN4O3.C2HF3O2/c1-22-3-2-17-13(21)4-15-9-20(7-11(15)8-23-10-15)14-18-5-12(16)6-19-14;3-2(4,5)1(6)7/h5-6,11H,2-4,7-10H2,1H3,(H,17,21);(H,6,7)/t11-,15+;/m1./s1. The van der Waals surface area contributed by atoms with Crippen LogP contribution in [-0.2, 0) is 19.1 Å². The SMILES string of the molecule is COCCNC(=O)C[C@]12COC[C@H]1CN(c1ncc(F)cn1)C2.O=C(O)C(F)(F)F. The average Bonchev–Trinajstić information content (AvgIpc) is 3.19. The molecule has 1 amide bonds. The van der Waals surface area contributed by atoms with E-state index in [1.54, 1.807) is 7.11 Å². The number of alkyl halides is 3. The molecular formula is C17H22F4N4O5. The molecule has 30 heavy (non-hydrogen) atoms. The van der Waals surface area contributed by atoms with Gasteiger partial charge in [-0.1, -0.05) is 0 Å². The summed E-state index contributed by atoms with van der Waals surface area (Å²) in [4.78, 5) is 31.2. The van der Waals surface area contributed by atoms with Crippen molar-refractivity contribution in [1.82, 2.24) is 15.3 Å². The summed E-state index contributed by atoms with van der Waals surface area (Å²) in [5, 5.41) is 9.99. The van der Waals surface area contributed by atoms with Crippen molar-refractivity contribution in [2.75, 3.05) is 51.5 Å². The second-order valence-electron chi connectivity index (χ2n) is 6.98. The Hall–Kier alpha value is -2.54. The lowest BCUT2D eigenvalue weighted by atomic mass is 9.78. The van der Waals surface area contributed by atoms with Crippen LogP contribution in [0.4, 0.5) is 23.5 Å². The van der Waals surface area contributed by atoms with Gasteiger partial charge in [0.1, 0.15) is 0 Å². The first-order valence-corrected chi connectivity index (χ1v) is 8.93. The van der Waals surface area contributed by atoms with Crippen LogP contribution in [0, 0.1) is 17.2 Å². The molecular weight excluding hydrogens is 416 g/mol. The van der Waals surface area contributed by atoms with Crippen molar-refractivity contribution in [1.29, 1.82) is 0 Å². The molecule has 0 aromatic carbocycles. The first kappa shape index (κ1) is 23.7. The highest BCUT2D eigenvalue weighted by Gasteiger charge is 2.52. The topological polar surface area (TPSA) is 114 Å². The third kappa shape index (κ3) is 6.23. The lowest BCUT2D eigenvalue weighted by Crippen LogP contribution is -2.38. The molecule has 3 heterocycles. The molecule has 0 bridgehead atoms. The number of carbonyl (C=O) groups excluding carboxylic acids is 1. The third-order valence-corrected chi connectivity index (χ3v) is 4.79. The van der Waals surface area contributed by atoms with Crippen LogP contribution in [0.5, 0.6) is 0 Å². The quantitative estimate of drug-likeness (QED) is 0.497. The molecule has 2 aliphatic heterocycles. The molecule has 1 aromatic rings. The molecule has 0 unspecified atom stereocenters. The molecule has 13 heteroatoms. The van der Waals surface area contributed by atoms with Gasteiger partial charge in [-0.2, -0.15) is 13.2 Å². The number of hydrogen-bond donors (Lipinski definition) is 2. The Morgan fingerprint density at radius 3 is 2.60 bits per heavy atom. The number of ether oxygens (including phenoxy) is 2. The summed E-state index contributed by atoms with van der Waals surface area (Å²) >= 11 is 0. The van der Waals surface area contributed by atoms with E-state index < -0.39 is 18.0 Å². The zero-order valence-corrected chi connectivity index (χ0v) is 16.1. The van der Waals surface area contributed by atoms with Crippen LogP contribution in [0.15, 0.2) is 12.4 Å². The van der Waals surface area contributed by atoms with Gasteiger partial charge in [0.2, 0.25) is 11.9 Å². The molecule has 2 aliphatic rings. The van der Waals surface area contributed by atoms with Gasteiger partial charge in [0, 0.05) is 44.5 Å². The summed E-state index contributed by atoms with van der Waals surface area (Å²) in [5.74, 6) is -2.46. The summed E-state index contributed by atoms with van der Waals surface area (Å²) < 4.78 is 55.3. The monoisotopic (exact) mass is 438 g/mol. The number of nitrogens with zero attached hydrogens (tertiary/aromatic N) is 3. The van der Waals surface area contributed by atoms with Crippen molar-refractivity contribution < 1.29 is 41.7 Å². The number of halogens is 4. The number of hydrogen-bond acceptors (Lipinski definition) is 7. The fourth-order valence-corrected chi connectivity index (χ4v) is 3.38. The molecule has 0 aliphatic carbocycles. The zero-order valence-electron chi connectivity index (χ0n) is 16.1. The smallest absolute Gasteiger partial charge is 0.475 e. The minimum atomic E-state index is -5.08. The number of rotatable bonds is 6. The molecule has 0 radical (unpaired) electrons. The molecule has 9 nitrogen and oxygen atoms in total. The fraction of sp³-hybridized carbons (Fsp3) is 0.647. The second kappa shape index (κ2) is 9.98. The van der Waals surface area contributed by atoms with Crippen LogP contribution in [-0.4, -0.2) is 79.7 Å². The van der Waals surface area contributed by atoms with Crippen molar-refractivity contribution in [3.8, 4) is 0 Å². The molecule has 2 saturated heterocycles. The van der Waals surface area contributed by atoms with Crippen molar-refractivity contribution in [2.45, 2.75) is 12.6 Å². The van der Waals surface area contributed by atoms with Gasteiger partial charge in [0.05, 0.1) is 32.2 Å². The maximum atomic E-state index is 13.0. The number of aromatic nitrogens is 2. The van der Waals surface area contributed by atoms with Crippen molar-refractivity contribution >= 4 is 17.8 Å². The van der Waals surface area contributed by atoms with Crippen LogP contribution in [0.25, 0.3) is 0 Å². The molecule has 3 rings (SSSR count). The van der Waals surface area contributed by atoms with E-state index in [1.807, 2.05) is 4.90 Å². The number of methoxy groups -OCH3 is 1. The number of carbonyl (C=O) groups is 2. The van der Waals surface area contributed by atoms with Gasteiger partial charge in [-0.15, -0.1) is 0 Å². The highest BCUT2D eigenvalue weighted by molar-refractivity contribution is 5.77. The van der Waals surface area contributed by atoms with Crippen LogP contribution >= 0.6 is 0 Å². The number of carboxylic acids is 1. The lowest BCUT2D eigenvalue weighted by Gasteiger charge is -2.26. The molecule has 0 saturated carbocycles. The Labute approximate surface area is 169 Å². The lowest BCUT2D eigenvalue weighted by molar-refractivity contribution is -0.192. The van der Waals surface area contributed by atoms with E-state index in [9.17, 15) is 22.4 Å². The summed E-state index contributed by atoms with van der Waals surface area (Å²) in [6.45, 7) is 3.53. The van der Waals surface area contributed by atoms with E-state index >= 15 is 0 Å². The Morgan fingerprint density at radius 1 is 1.40 bits per heavy atom. The number of carboxylic acid groups (broad SMARTS) is 1. The summed E-state index contributed by atoms with van der Waals surface area (Å²) in [6.07, 6.45) is -2.35. The summed E-state index contributed by atoms with van der Waals surface area (Å²) in [6, 6.07) is 0. The molecule has 168 valence electrons. The van der Waals surface area contributed by atoms with Gasteiger partial charge in [-0.25, -0.2) is 19.2 Å². The molecule has 2 fully saturated rings. The van der Waals surface area contributed by atoms with Crippen molar-refractivity contribution in [2.24, 2.45) is 11.3 Å². The zero-order chi connectivity index (χ0) is 22.4. The van der Waals surface area contributed by atoms with Gasteiger partial charge >= 0.3 is 12.1 Å². The highest BCUT2D eigenvalue weighted by Crippen LogP contribution is 2.44. The van der Waals surface area contributed by atoms with Crippen LogP contribution in [0.2, 0.25) is 0 Å². The van der Waals surface area contributed by atoms with E-state index in [2.05, 4.69) is 15.3 Å². The van der Waals surface area contributed by atoms with Crippen LogP contribution in [0.1, 0.15) is 6.42 Å². The Kier molecular flexibility index (Phi) is 7.89. The second-order valence-corrected chi connectivity index (χ2v) is 6.98. The van der Waals surface area contributed by atoms with E-state index in [-0.39, 0.29) is 17.2 Å². The molecule has 1 aromatic heterocycles. The molecule has 0 spiro atoms. The van der Waals surface area contributed by atoms with Gasteiger partial charge in [-0.05, 0) is 0 Å². The first-order chi connectivity index (χ1) is 14.1. The number of fused-ring (bicyclic) bond motifs is 1. The van der Waals surface area contributed by atoms with E-state index in [0.717, 1.165) is 18.9 Å². The third-order valence-electron chi connectivity index (χ3n) is 4.79. The molecule has 2 atom stereocenters. The maximum absolute atomic E-state index is 13.0. The first-order valence-electron chi connectivity index (χ1n) is 8.93. The van der Waals surface area contributed by atoms with Gasteiger partial charge in [-0.3, -0.25) is 4.79 Å². The number of amides is 1. The van der Waals surface area contributed by atoms with E-state index in [0.29, 0.717) is 45.3 Å². The summed E-state index contributed by atoms with van der Waals surface area (Å²) in [7, 11) is 1.60. The van der Waals surface area contributed by atoms with Crippen LogP contribution < -0.4 is 10.2 Å².